The van der Waals surface area contributed by atoms with Crippen LogP contribution < -0.4 is 0 Å². The van der Waals surface area contributed by atoms with Gasteiger partial charge in [0.15, 0.2) is 0 Å². The van der Waals surface area contributed by atoms with Gasteiger partial charge in [-0.1, -0.05) is 68.7 Å². The molecule has 0 aliphatic heterocycles. The molecule has 1 heteroatoms. The zero-order chi connectivity index (χ0) is 13.8. The maximum atomic E-state index is 9.90. The largest absolute Gasteiger partial charge is 0.393 e. The predicted molar refractivity (Wildman–Crippen MR) is 83.3 cm³/mol. The number of benzene rings is 1. The van der Waals surface area contributed by atoms with E-state index in [0.29, 0.717) is 0 Å². The zero-order valence-corrected chi connectivity index (χ0v) is 12.2. The maximum Gasteiger partial charge on any atom is 0.0577 e. The molecule has 0 aliphatic carbocycles. The third kappa shape index (κ3) is 8.61. The predicted octanol–water partition coefficient (Wildman–Crippen LogP) is 4.90. The fourth-order valence-electron chi connectivity index (χ4n) is 2.16. The van der Waals surface area contributed by atoms with Gasteiger partial charge in [0.25, 0.3) is 0 Å². The van der Waals surface area contributed by atoms with Gasteiger partial charge in [0, 0.05) is 0 Å². The Labute approximate surface area is 118 Å². The minimum absolute atomic E-state index is 0.202. The van der Waals surface area contributed by atoms with Gasteiger partial charge in [-0.3, -0.25) is 0 Å². The molecule has 0 aromatic heterocycles. The van der Waals surface area contributed by atoms with Gasteiger partial charge in [0.1, 0.15) is 0 Å². The first kappa shape index (κ1) is 16.0. The Balaban J connectivity index is 2.04. The summed E-state index contributed by atoms with van der Waals surface area (Å²) in [5, 5.41) is 9.90. The lowest BCUT2D eigenvalue weighted by Gasteiger charge is -2.07. The van der Waals surface area contributed by atoms with Crippen LogP contribution in [0.2, 0.25) is 0 Å². The van der Waals surface area contributed by atoms with Gasteiger partial charge in [0.2, 0.25) is 0 Å². The van der Waals surface area contributed by atoms with Gasteiger partial charge in [-0.15, -0.1) is 0 Å². The molecule has 0 saturated carbocycles. The van der Waals surface area contributed by atoms with E-state index < -0.39 is 0 Å². The average molecular weight is 260 g/mol. The summed E-state index contributed by atoms with van der Waals surface area (Å²) in [6.07, 6.45) is 13.2. The third-order valence-corrected chi connectivity index (χ3v) is 3.41. The highest BCUT2D eigenvalue weighted by Gasteiger charge is 2.01. The molecule has 0 radical (unpaired) electrons. The van der Waals surface area contributed by atoms with Gasteiger partial charge in [-0.2, -0.15) is 0 Å². The van der Waals surface area contributed by atoms with E-state index >= 15 is 0 Å². The average Bonchev–Trinajstić information content (AvgIpc) is 2.45. The number of rotatable bonds is 10. The van der Waals surface area contributed by atoms with Gasteiger partial charge in [-0.05, 0) is 37.7 Å². The maximum absolute atomic E-state index is 9.90. The summed E-state index contributed by atoms with van der Waals surface area (Å²) in [6.45, 7) is 2.24. The summed E-state index contributed by atoms with van der Waals surface area (Å²) >= 11 is 0. The molecule has 1 aromatic rings. The number of unbranched alkanes of at least 4 members (excludes halogenated alkanes) is 4. The van der Waals surface area contributed by atoms with Crippen molar-refractivity contribution >= 4 is 0 Å². The molecule has 0 amide bonds. The molecule has 1 nitrogen and oxygen atoms in total. The van der Waals surface area contributed by atoms with Crippen molar-refractivity contribution in [2.45, 2.75) is 64.4 Å². The first-order chi connectivity index (χ1) is 9.33. The fraction of sp³-hybridized carbons (Fsp3) is 0.556. The highest BCUT2D eigenvalue weighted by Crippen LogP contribution is 2.08. The summed E-state index contributed by atoms with van der Waals surface area (Å²) in [6, 6.07) is 10.4. The minimum Gasteiger partial charge on any atom is -0.393 e. The van der Waals surface area contributed by atoms with Crippen molar-refractivity contribution in [3.8, 4) is 0 Å². The van der Waals surface area contributed by atoms with E-state index in [1.54, 1.807) is 0 Å². The van der Waals surface area contributed by atoms with E-state index in [1.165, 1.54) is 31.2 Å². The van der Waals surface area contributed by atoms with Crippen LogP contribution in [-0.4, -0.2) is 11.2 Å². The molecule has 1 rings (SSSR count). The highest BCUT2D eigenvalue weighted by atomic mass is 16.3. The molecule has 1 unspecified atom stereocenters. The Hall–Kier alpha value is -1.08. The van der Waals surface area contributed by atoms with Crippen LogP contribution in [0.3, 0.4) is 0 Å². The van der Waals surface area contributed by atoms with Crippen molar-refractivity contribution in [3.05, 3.63) is 48.0 Å². The van der Waals surface area contributed by atoms with Crippen LogP contribution in [0.5, 0.6) is 0 Å². The number of aliphatic hydroxyl groups is 1. The van der Waals surface area contributed by atoms with Crippen LogP contribution in [0.4, 0.5) is 0 Å². The lowest BCUT2D eigenvalue weighted by Crippen LogP contribution is -2.06. The zero-order valence-electron chi connectivity index (χ0n) is 12.2. The van der Waals surface area contributed by atoms with E-state index in [0.717, 1.165) is 25.7 Å². The Morgan fingerprint density at radius 1 is 1.05 bits per heavy atom. The van der Waals surface area contributed by atoms with E-state index in [2.05, 4.69) is 43.3 Å². The lowest BCUT2D eigenvalue weighted by atomic mass is 10.0. The minimum atomic E-state index is -0.202. The summed E-state index contributed by atoms with van der Waals surface area (Å²) < 4.78 is 0. The first-order valence-electron chi connectivity index (χ1n) is 7.70. The van der Waals surface area contributed by atoms with Crippen molar-refractivity contribution in [2.24, 2.45) is 0 Å². The third-order valence-electron chi connectivity index (χ3n) is 3.41. The van der Waals surface area contributed by atoms with Crippen LogP contribution in [0.25, 0.3) is 0 Å². The fourth-order valence-corrected chi connectivity index (χ4v) is 2.16. The Bertz CT molecular complexity index is 329. The summed E-state index contributed by atoms with van der Waals surface area (Å²) in [5.74, 6) is 0. The second kappa shape index (κ2) is 10.8. The normalized spacial score (nSPS) is 12.9. The van der Waals surface area contributed by atoms with E-state index in [1.807, 2.05) is 6.07 Å². The molecular formula is C18H28O. The van der Waals surface area contributed by atoms with Crippen molar-refractivity contribution in [2.75, 3.05) is 0 Å². The van der Waals surface area contributed by atoms with E-state index in [4.69, 9.17) is 0 Å². The van der Waals surface area contributed by atoms with Crippen molar-refractivity contribution in [1.82, 2.24) is 0 Å². The lowest BCUT2D eigenvalue weighted by molar-refractivity contribution is 0.168. The quantitative estimate of drug-likeness (QED) is 0.469. The molecule has 0 fully saturated rings. The monoisotopic (exact) mass is 260 g/mol. The van der Waals surface area contributed by atoms with E-state index in [-0.39, 0.29) is 6.10 Å². The Kier molecular flexibility index (Phi) is 9.09. The standard InChI is InChI=1S/C18H28O/c1-2-3-4-5-6-7-11-14-18(19)16-15-17-12-9-8-10-13-17/h7-13,18-19H,2-6,14-16H2,1H3/b11-7+. The molecule has 0 bridgehead atoms. The van der Waals surface area contributed by atoms with E-state index in [9.17, 15) is 5.11 Å². The smallest absolute Gasteiger partial charge is 0.0577 e. The molecule has 0 aliphatic rings. The molecule has 1 N–H and O–H groups in total. The van der Waals surface area contributed by atoms with Crippen LogP contribution in [0.1, 0.15) is 57.4 Å². The molecule has 0 heterocycles. The topological polar surface area (TPSA) is 20.2 Å². The Morgan fingerprint density at radius 3 is 2.58 bits per heavy atom. The summed E-state index contributed by atoms with van der Waals surface area (Å²) in [4.78, 5) is 0. The number of aliphatic hydroxyl groups excluding tert-OH is 1. The van der Waals surface area contributed by atoms with Gasteiger partial charge in [0.05, 0.1) is 6.10 Å². The molecule has 1 atom stereocenters. The number of allylic oxidation sites excluding steroid dienone is 1. The number of aryl methyl sites for hydroxylation is 1. The van der Waals surface area contributed by atoms with Gasteiger partial charge in [-0.25, -0.2) is 0 Å². The van der Waals surface area contributed by atoms with Crippen LogP contribution in [0.15, 0.2) is 42.5 Å². The highest BCUT2D eigenvalue weighted by molar-refractivity contribution is 5.14. The first-order valence-corrected chi connectivity index (χ1v) is 7.70. The molecule has 106 valence electrons. The van der Waals surface area contributed by atoms with Gasteiger partial charge >= 0.3 is 0 Å². The molecule has 19 heavy (non-hydrogen) atoms. The van der Waals surface area contributed by atoms with Crippen LogP contribution in [0, 0.1) is 0 Å². The SMILES string of the molecule is CCCCCC/C=C/CC(O)CCc1ccccc1. The molecule has 0 saturated heterocycles. The van der Waals surface area contributed by atoms with Crippen molar-refractivity contribution < 1.29 is 5.11 Å². The molecular weight excluding hydrogens is 232 g/mol. The molecule has 0 spiro atoms. The Morgan fingerprint density at radius 2 is 1.84 bits per heavy atom. The van der Waals surface area contributed by atoms with Crippen molar-refractivity contribution in [1.29, 1.82) is 0 Å². The second-order valence-corrected chi connectivity index (χ2v) is 5.23. The van der Waals surface area contributed by atoms with Gasteiger partial charge < -0.3 is 5.11 Å². The van der Waals surface area contributed by atoms with Crippen LogP contribution >= 0.6 is 0 Å². The van der Waals surface area contributed by atoms with Crippen molar-refractivity contribution in [3.63, 3.8) is 0 Å². The number of hydrogen-bond acceptors (Lipinski definition) is 1. The van der Waals surface area contributed by atoms with Crippen LogP contribution in [-0.2, 0) is 6.42 Å². The second-order valence-electron chi connectivity index (χ2n) is 5.23. The number of hydrogen-bond donors (Lipinski definition) is 1. The summed E-state index contributed by atoms with van der Waals surface area (Å²) in [7, 11) is 0. The summed E-state index contributed by atoms with van der Waals surface area (Å²) in [5.41, 5.74) is 1.31. The molecule has 1 aromatic carbocycles.